The third-order valence-corrected chi connectivity index (χ3v) is 2.61. The second-order valence-corrected chi connectivity index (χ2v) is 3.97. The van der Waals surface area contributed by atoms with Crippen molar-refractivity contribution >= 4 is 12.6 Å². The van der Waals surface area contributed by atoms with E-state index in [1.807, 2.05) is 0 Å². The summed E-state index contributed by atoms with van der Waals surface area (Å²) in [7, 11) is 0. The molecule has 2 nitrogen and oxygen atoms in total. The van der Waals surface area contributed by atoms with Gasteiger partial charge in [0.15, 0.2) is 0 Å². The van der Waals surface area contributed by atoms with Gasteiger partial charge in [0, 0.05) is 0 Å². The maximum absolute atomic E-state index is 12.9. The molecule has 0 aromatic heterocycles. The molecule has 2 atom stereocenters. The molecule has 0 bridgehead atoms. The van der Waals surface area contributed by atoms with Gasteiger partial charge < -0.3 is 10.2 Å². The van der Waals surface area contributed by atoms with Crippen LogP contribution in [0.2, 0.25) is 0 Å². The van der Waals surface area contributed by atoms with Gasteiger partial charge in [-0.15, -0.1) is 0 Å². The molecule has 0 spiro atoms. The SMILES string of the molecule is Cc1ccc(F)cc1C(O)C(O)CCS. The highest BCUT2D eigenvalue weighted by molar-refractivity contribution is 7.80. The normalized spacial score (nSPS) is 15.0. The molecule has 0 heterocycles. The third kappa shape index (κ3) is 3.19. The van der Waals surface area contributed by atoms with Gasteiger partial charge in [-0.2, -0.15) is 12.6 Å². The Morgan fingerprint density at radius 1 is 1.40 bits per heavy atom. The number of halogens is 1. The van der Waals surface area contributed by atoms with Gasteiger partial charge in [-0.3, -0.25) is 0 Å². The van der Waals surface area contributed by atoms with Crippen molar-refractivity contribution in [2.45, 2.75) is 25.6 Å². The van der Waals surface area contributed by atoms with E-state index in [1.54, 1.807) is 13.0 Å². The Morgan fingerprint density at radius 3 is 2.67 bits per heavy atom. The summed E-state index contributed by atoms with van der Waals surface area (Å²) in [5, 5.41) is 19.3. The van der Waals surface area contributed by atoms with E-state index < -0.39 is 18.0 Å². The molecule has 0 aliphatic rings. The van der Waals surface area contributed by atoms with Crippen LogP contribution in [0.5, 0.6) is 0 Å². The highest BCUT2D eigenvalue weighted by Gasteiger charge is 2.19. The van der Waals surface area contributed by atoms with Gasteiger partial charge in [-0.1, -0.05) is 6.07 Å². The fraction of sp³-hybridized carbons (Fsp3) is 0.455. The van der Waals surface area contributed by atoms with Crippen molar-refractivity contribution < 1.29 is 14.6 Å². The second-order valence-electron chi connectivity index (χ2n) is 3.53. The monoisotopic (exact) mass is 230 g/mol. The summed E-state index contributed by atoms with van der Waals surface area (Å²) < 4.78 is 12.9. The Morgan fingerprint density at radius 2 is 2.07 bits per heavy atom. The van der Waals surface area contributed by atoms with Crippen molar-refractivity contribution in [3.63, 3.8) is 0 Å². The molecule has 0 radical (unpaired) electrons. The fourth-order valence-electron chi connectivity index (χ4n) is 1.43. The van der Waals surface area contributed by atoms with Gasteiger partial charge in [-0.25, -0.2) is 4.39 Å². The number of aryl methyl sites for hydroxylation is 1. The van der Waals surface area contributed by atoms with E-state index in [9.17, 15) is 14.6 Å². The zero-order chi connectivity index (χ0) is 11.4. The number of hydrogen-bond donors (Lipinski definition) is 3. The summed E-state index contributed by atoms with van der Waals surface area (Å²) in [6, 6.07) is 4.17. The van der Waals surface area contributed by atoms with Crippen LogP contribution < -0.4 is 0 Å². The summed E-state index contributed by atoms with van der Waals surface area (Å²) in [6.45, 7) is 1.77. The van der Waals surface area contributed by atoms with Crippen LogP contribution in [0.3, 0.4) is 0 Å². The first-order chi connectivity index (χ1) is 7.06. The van der Waals surface area contributed by atoms with Crippen molar-refractivity contribution in [2.24, 2.45) is 0 Å². The lowest BCUT2D eigenvalue weighted by Crippen LogP contribution is -2.19. The summed E-state index contributed by atoms with van der Waals surface area (Å²) in [6.07, 6.45) is -1.57. The number of benzene rings is 1. The van der Waals surface area contributed by atoms with Crippen molar-refractivity contribution in [1.29, 1.82) is 0 Å². The first kappa shape index (κ1) is 12.5. The molecule has 84 valence electrons. The summed E-state index contributed by atoms with van der Waals surface area (Å²) >= 11 is 3.97. The Labute approximate surface area is 94.2 Å². The average Bonchev–Trinajstić information content (AvgIpc) is 2.21. The Balaban J connectivity index is 2.89. The van der Waals surface area contributed by atoms with Crippen LogP contribution in [0.4, 0.5) is 4.39 Å². The van der Waals surface area contributed by atoms with E-state index >= 15 is 0 Å². The second kappa shape index (κ2) is 5.49. The van der Waals surface area contributed by atoms with Gasteiger partial charge in [0.25, 0.3) is 0 Å². The van der Waals surface area contributed by atoms with Crippen LogP contribution in [0.25, 0.3) is 0 Å². The fourth-order valence-corrected chi connectivity index (χ4v) is 1.69. The molecular formula is C11H15FO2S. The van der Waals surface area contributed by atoms with Crippen LogP contribution in [-0.4, -0.2) is 22.1 Å². The van der Waals surface area contributed by atoms with E-state index in [-0.39, 0.29) is 0 Å². The molecule has 4 heteroatoms. The predicted octanol–water partition coefficient (Wildman–Crippen LogP) is 1.85. The highest BCUT2D eigenvalue weighted by atomic mass is 32.1. The number of rotatable bonds is 4. The van der Waals surface area contributed by atoms with Crippen molar-refractivity contribution in [1.82, 2.24) is 0 Å². The van der Waals surface area contributed by atoms with E-state index in [1.165, 1.54) is 12.1 Å². The smallest absolute Gasteiger partial charge is 0.123 e. The van der Waals surface area contributed by atoms with Crippen molar-refractivity contribution in [3.8, 4) is 0 Å². The molecule has 0 saturated heterocycles. The largest absolute Gasteiger partial charge is 0.390 e. The molecule has 2 N–H and O–H groups in total. The molecule has 0 saturated carbocycles. The van der Waals surface area contributed by atoms with Gasteiger partial charge in [0.2, 0.25) is 0 Å². The van der Waals surface area contributed by atoms with E-state index in [0.29, 0.717) is 17.7 Å². The Kier molecular flexibility index (Phi) is 4.57. The molecular weight excluding hydrogens is 215 g/mol. The van der Waals surface area contributed by atoms with Crippen LogP contribution >= 0.6 is 12.6 Å². The first-order valence-electron chi connectivity index (χ1n) is 4.79. The average molecular weight is 230 g/mol. The Bertz CT molecular complexity index is 330. The maximum Gasteiger partial charge on any atom is 0.123 e. The van der Waals surface area contributed by atoms with Crippen LogP contribution in [0, 0.1) is 12.7 Å². The summed E-state index contributed by atoms with van der Waals surface area (Å²) in [5.74, 6) is 0.0692. The topological polar surface area (TPSA) is 40.5 Å². The lowest BCUT2D eigenvalue weighted by molar-refractivity contribution is 0.0167. The third-order valence-electron chi connectivity index (χ3n) is 2.35. The molecule has 0 amide bonds. The van der Waals surface area contributed by atoms with E-state index in [2.05, 4.69) is 12.6 Å². The first-order valence-corrected chi connectivity index (χ1v) is 5.42. The molecule has 2 unspecified atom stereocenters. The lowest BCUT2D eigenvalue weighted by Gasteiger charge is -2.19. The van der Waals surface area contributed by atoms with Gasteiger partial charge in [0.05, 0.1) is 6.10 Å². The van der Waals surface area contributed by atoms with Gasteiger partial charge in [-0.05, 0) is 42.4 Å². The van der Waals surface area contributed by atoms with E-state index in [0.717, 1.165) is 5.56 Å². The van der Waals surface area contributed by atoms with Crippen molar-refractivity contribution in [3.05, 3.63) is 35.1 Å². The minimum Gasteiger partial charge on any atom is -0.390 e. The molecule has 0 aliphatic carbocycles. The van der Waals surface area contributed by atoms with Crippen molar-refractivity contribution in [2.75, 3.05) is 5.75 Å². The number of thiol groups is 1. The van der Waals surface area contributed by atoms with Gasteiger partial charge >= 0.3 is 0 Å². The number of aliphatic hydroxyl groups excluding tert-OH is 2. The highest BCUT2D eigenvalue weighted by Crippen LogP contribution is 2.23. The van der Waals surface area contributed by atoms with Crippen LogP contribution in [0.1, 0.15) is 23.7 Å². The minimum atomic E-state index is -1.05. The summed E-state index contributed by atoms with van der Waals surface area (Å²) in [4.78, 5) is 0. The quantitative estimate of drug-likeness (QED) is 0.691. The number of hydrogen-bond acceptors (Lipinski definition) is 3. The van der Waals surface area contributed by atoms with E-state index in [4.69, 9.17) is 0 Å². The molecule has 0 aliphatic heterocycles. The molecule has 0 fully saturated rings. The zero-order valence-electron chi connectivity index (χ0n) is 8.52. The predicted molar refractivity (Wildman–Crippen MR) is 60.6 cm³/mol. The molecule has 1 aromatic rings. The molecule has 1 aromatic carbocycles. The Hall–Kier alpha value is -0.580. The lowest BCUT2D eigenvalue weighted by atomic mass is 9.98. The maximum atomic E-state index is 12.9. The summed E-state index contributed by atoms with van der Waals surface area (Å²) in [5.41, 5.74) is 1.20. The molecule has 1 rings (SSSR count). The van der Waals surface area contributed by atoms with Crippen LogP contribution in [0.15, 0.2) is 18.2 Å². The standard InChI is InChI=1S/C11H15FO2S/c1-7-2-3-8(12)6-9(7)11(14)10(13)4-5-15/h2-3,6,10-11,13-15H,4-5H2,1H3. The van der Waals surface area contributed by atoms with Gasteiger partial charge in [0.1, 0.15) is 11.9 Å². The molecule has 15 heavy (non-hydrogen) atoms. The van der Waals surface area contributed by atoms with Crippen LogP contribution in [-0.2, 0) is 0 Å². The minimum absolute atomic E-state index is 0.375. The number of aliphatic hydroxyl groups is 2. The zero-order valence-corrected chi connectivity index (χ0v) is 9.41.